The Labute approximate surface area is 188 Å². The van der Waals surface area contributed by atoms with Crippen LogP contribution in [0.4, 0.5) is 10.5 Å². The Morgan fingerprint density at radius 2 is 1.75 bits per heavy atom. The molecule has 0 atom stereocenters. The van der Waals surface area contributed by atoms with Crippen molar-refractivity contribution in [2.24, 2.45) is 0 Å². The van der Waals surface area contributed by atoms with Crippen molar-refractivity contribution in [3.8, 4) is 17.2 Å². The number of hydrogen-bond acceptors (Lipinski definition) is 6. The maximum atomic E-state index is 12.7. The normalized spacial score (nSPS) is 14.6. The molecule has 0 unspecified atom stereocenters. The molecule has 0 radical (unpaired) electrons. The molecule has 1 aliphatic heterocycles. The number of anilines is 1. The van der Waals surface area contributed by atoms with E-state index in [-0.39, 0.29) is 11.9 Å². The molecule has 8 nitrogen and oxygen atoms in total. The Morgan fingerprint density at radius 1 is 1.06 bits per heavy atom. The number of aromatic nitrogens is 2. The topological polar surface area (TPSA) is 83.7 Å². The molecule has 8 heteroatoms. The average Bonchev–Trinajstić information content (AvgIpc) is 3.31. The van der Waals surface area contributed by atoms with Gasteiger partial charge in [0.15, 0.2) is 5.82 Å². The summed E-state index contributed by atoms with van der Waals surface area (Å²) in [5, 5.41) is 6.97. The fraction of sp³-hybridized carbons (Fsp3) is 0.375. The minimum atomic E-state index is -0.0817. The lowest BCUT2D eigenvalue weighted by Gasteiger charge is -2.34. The molecule has 1 aromatic heterocycles. The molecule has 1 fully saturated rings. The lowest BCUT2D eigenvalue weighted by Crippen LogP contribution is -2.49. The van der Waals surface area contributed by atoms with Crippen LogP contribution in [0.3, 0.4) is 0 Å². The molecular weight excluding hydrogens is 406 g/mol. The zero-order valence-electron chi connectivity index (χ0n) is 18.7. The smallest absolute Gasteiger partial charge is 0.321 e. The maximum Gasteiger partial charge on any atom is 0.321 e. The van der Waals surface area contributed by atoms with Crippen LogP contribution in [0.1, 0.15) is 31.2 Å². The first-order chi connectivity index (χ1) is 15.5. The third-order valence-electron chi connectivity index (χ3n) is 5.57. The van der Waals surface area contributed by atoms with Gasteiger partial charge in [-0.2, -0.15) is 4.98 Å². The quantitative estimate of drug-likeness (QED) is 0.624. The molecule has 1 N–H and O–H groups in total. The summed E-state index contributed by atoms with van der Waals surface area (Å²) in [5.41, 5.74) is 2.81. The van der Waals surface area contributed by atoms with Gasteiger partial charge in [-0.25, -0.2) is 4.79 Å². The summed E-state index contributed by atoms with van der Waals surface area (Å²) in [5.74, 6) is 2.24. The van der Waals surface area contributed by atoms with Crippen LogP contribution in [-0.4, -0.2) is 59.3 Å². The van der Waals surface area contributed by atoms with Gasteiger partial charge in [0.2, 0.25) is 0 Å². The molecule has 168 valence electrons. The summed E-state index contributed by atoms with van der Waals surface area (Å²) in [6.45, 7) is 7.98. The Morgan fingerprint density at radius 3 is 2.34 bits per heavy atom. The maximum absolute atomic E-state index is 12.7. The second kappa shape index (κ2) is 9.82. The standard InChI is InChI=1S/C24H29N5O3/c1-17(2)22-26-23(32-27-22)19-6-8-20(9-7-19)25-24(30)29-14-12-28(13-15-29)16-18-4-10-21(31-3)11-5-18/h4-11,17H,12-16H2,1-3H3,(H,25,30). The summed E-state index contributed by atoms with van der Waals surface area (Å²) in [4.78, 5) is 21.3. The van der Waals surface area contributed by atoms with Crippen LogP contribution in [0.15, 0.2) is 53.1 Å². The van der Waals surface area contributed by atoms with Crippen LogP contribution >= 0.6 is 0 Å². The average molecular weight is 436 g/mol. The van der Waals surface area contributed by atoms with Gasteiger partial charge in [0.1, 0.15) is 5.75 Å². The zero-order chi connectivity index (χ0) is 22.5. The van der Waals surface area contributed by atoms with E-state index in [0.717, 1.165) is 36.6 Å². The van der Waals surface area contributed by atoms with Gasteiger partial charge in [-0.15, -0.1) is 0 Å². The van der Waals surface area contributed by atoms with Crippen LogP contribution in [0, 0.1) is 0 Å². The van der Waals surface area contributed by atoms with Gasteiger partial charge in [-0.05, 0) is 42.0 Å². The van der Waals surface area contributed by atoms with E-state index in [2.05, 4.69) is 32.5 Å². The van der Waals surface area contributed by atoms with E-state index >= 15 is 0 Å². The summed E-state index contributed by atoms with van der Waals surface area (Å²) in [6, 6.07) is 15.5. The van der Waals surface area contributed by atoms with E-state index in [1.54, 1.807) is 7.11 Å². The molecular formula is C24H29N5O3. The number of ether oxygens (including phenoxy) is 1. The minimum absolute atomic E-state index is 0.0817. The zero-order valence-corrected chi connectivity index (χ0v) is 18.7. The van der Waals surface area contributed by atoms with Gasteiger partial charge < -0.3 is 19.5 Å². The van der Waals surface area contributed by atoms with Gasteiger partial charge in [0, 0.05) is 49.9 Å². The minimum Gasteiger partial charge on any atom is -0.497 e. The van der Waals surface area contributed by atoms with E-state index in [1.165, 1.54) is 5.56 Å². The van der Waals surface area contributed by atoms with E-state index in [1.807, 2.05) is 55.1 Å². The molecule has 32 heavy (non-hydrogen) atoms. The highest BCUT2D eigenvalue weighted by molar-refractivity contribution is 5.89. The van der Waals surface area contributed by atoms with Crippen molar-refractivity contribution in [3.63, 3.8) is 0 Å². The molecule has 2 heterocycles. The Kier molecular flexibility index (Phi) is 6.70. The van der Waals surface area contributed by atoms with E-state index < -0.39 is 0 Å². The van der Waals surface area contributed by atoms with Crippen molar-refractivity contribution in [3.05, 3.63) is 59.9 Å². The fourth-order valence-electron chi connectivity index (χ4n) is 3.58. The summed E-state index contributed by atoms with van der Waals surface area (Å²) in [6.07, 6.45) is 0. The van der Waals surface area contributed by atoms with E-state index in [0.29, 0.717) is 24.8 Å². The van der Waals surface area contributed by atoms with Gasteiger partial charge in [0.25, 0.3) is 5.89 Å². The SMILES string of the molecule is COc1ccc(CN2CCN(C(=O)Nc3ccc(-c4nc(C(C)C)no4)cc3)CC2)cc1. The third-order valence-corrected chi connectivity index (χ3v) is 5.57. The lowest BCUT2D eigenvalue weighted by atomic mass is 10.2. The molecule has 0 aliphatic carbocycles. The molecule has 2 aromatic carbocycles. The number of nitrogens with one attached hydrogen (secondary N) is 1. The third kappa shape index (κ3) is 5.26. The number of carbonyl (C=O) groups excluding carboxylic acids is 1. The van der Waals surface area contributed by atoms with Crippen molar-refractivity contribution in [1.29, 1.82) is 0 Å². The number of urea groups is 1. The predicted octanol–water partition coefficient (Wildman–Crippen LogP) is 4.22. The molecule has 1 aliphatic rings. The monoisotopic (exact) mass is 435 g/mol. The molecule has 0 bridgehead atoms. The first-order valence-corrected chi connectivity index (χ1v) is 10.9. The summed E-state index contributed by atoms with van der Waals surface area (Å²) in [7, 11) is 1.67. The molecule has 3 aromatic rings. The first kappa shape index (κ1) is 21.8. The highest BCUT2D eigenvalue weighted by Crippen LogP contribution is 2.22. The van der Waals surface area contributed by atoms with E-state index in [4.69, 9.17) is 9.26 Å². The van der Waals surface area contributed by atoms with Crippen LogP contribution in [-0.2, 0) is 6.54 Å². The first-order valence-electron chi connectivity index (χ1n) is 10.9. The summed E-state index contributed by atoms with van der Waals surface area (Å²) < 4.78 is 10.5. The van der Waals surface area contributed by atoms with Crippen molar-refractivity contribution in [2.75, 3.05) is 38.6 Å². The van der Waals surface area contributed by atoms with Crippen molar-refractivity contribution in [2.45, 2.75) is 26.3 Å². The number of nitrogens with zero attached hydrogens (tertiary/aromatic N) is 4. The van der Waals surface area contributed by atoms with Crippen LogP contribution in [0.5, 0.6) is 5.75 Å². The van der Waals surface area contributed by atoms with Crippen LogP contribution < -0.4 is 10.1 Å². The number of methoxy groups -OCH3 is 1. The molecule has 4 rings (SSSR count). The largest absolute Gasteiger partial charge is 0.497 e. The van der Waals surface area contributed by atoms with Crippen LogP contribution in [0.25, 0.3) is 11.5 Å². The van der Waals surface area contributed by atoms with Crippen molar-refractivity contribution in [1.82, 2.24) is 19.9 Å². The number of benzene rings is 2. The van der Waals surface area contributed by atoms with Crippen molar-refractivity contribution < 1.29 is 14.1 Å². The Bertz CT molecular complexity index is 1020. The highest BCUT2D eigenvalue weighted by atomic mass is 16.5. The molecule has 0 spiro atoms. The Balaban J connectivity index is 1.27. The van der Waals surface area contributed by atoms with Crippen LogP contribution in [0.2, 0.25) is 0 Å². The summed E-state index contributed by atoms with van der Waals surface area (Å²) >= 11 is 0. The highest BCUT2D eigenvalue weighted by Gasteiger charge is 2.21. The molecule has 2 amide bonds. The number of rotatable bonds is 6. The van der Waals surface area contributed by atoms with Crippen molar-refractivity contribution >= 4 is 11.7 Å². The number of piperazine rings is 1. The second-order valence-corrected chi connectivity index (χ2v) is 8.23. The Hall–Kier alpha value is -3.39. The predicted molar refractivity (Wildman–Crippen MR) is 123 cm³/mol. The lowest BCUT2D eigenvalue weighted by molar-refractivity contribution is 0.143. The number of hydrogen-bond donors (Lipinski definition) is 1. The van der Waals surface area contributed by atoms with Gasteiger partial charge in [-0.3, -0.25) is 4.90 Å². The number of amides is 2. The van der Waals surface area contributed by atoms with E-state index in [9.17, 15) is 4.79 Å². The molecule has 0 saturated carbocycles. The van der Waals surface area contributed by atoms with Gasteiger partial charge in [-0.1, -0.05) is 31.1 Å². The second-order valence-electron chi connectivity index (χ2n) is 8.23. The molecule has 1 saturated heterocycles. The van der Waals surface area contributed by atoms with Gasteiger partial charge >= 0.3 is 6.03 Å². The number of carbonyl (C=O) groups is 1. The van der Waals surface area contributed by atoms with Gasteiger partial charge in [0.05, 0.1) is 7.11 Å². The fourth-order valence-corrected chi connectivity index (χ4v) is 3.58.